The molecule has 0 unspecified atom stereocenters. The van der Waals surface area contributed by atoms with Crippen molar-refractivity contribution in [1.82, 2.24) is 9.80 Å². The molecule has 158 valence electrons. The average molecular weight is 410 g/mol. The fourth-order valence-corrected chi connectivity index (χ4v) is 4.71. The van der Waals surface area contributed by atoms with Gasteiger partial charge in [-0.25, -0.2) is 4.39 Å². The Hall–Kier alpha value is -2.89. The Labute approximate surface area is 177 Å². The van der Waals surface area contributed by atoms with Crippen LogP contribution in [0, 0.1) is 5.82 Å². The zero-order valence-corrected chi connectivity index (χ0v) is 17.4. The topological polar surface area (TPSA) is 43.9 Å². The van der Waals surface area contributed by atoms with Crippen molar-refractivity contribution in [3.63, 3.8) is 0 Å². The van der Waals surface area contributed by atoms with Gasteiger partial charge in [-0.15, -0.1) is 0 Å². The highest BCUT2D eigenvalue weighted by atomic mass is 19.1. The summed E-state index contributed by atoms with van der Waals surface area (Å²) in [5.41, 5.74) is 1.45. The van der Waals surface area contributed by atoms with Gasteiger partial charge in [0.05, 0.1) is 5.41 Å². The zero-order valence-electron chi connectivity index (χ0n) is 17.4. The lowest BCUT2D eigenvalue weighted by atomic mass is 9.71. The number of amides is 2. The highest BCUT2D eigenvalue weighted by molar-refractivity contribution is 5.89. The van der Waals surface area contributed by atoms with Gasteiger partial charge in [0.1, 0.15) is 5.82 Å². The van der Waals surface area contributed by atoms with Crippen molar-refractivity contribution in [1.29, 1.82) is 0 Å². The first-order valence-electron chi connectivity index (χ1n) is 10.6. The molecule has 2 aliphatic heterocycles. The Kier molecular flexibility index (Phi) is 5.75. The summed E-state index contributed by atoms with van der Waals surface area (Å²) in [6, 6.07) is 16.5. The van der Waals surface area contributed by atoms with Gasteiger partial charge in [-0.1, -0.05) is 30.3 Å². The second kappa shape index (κ2) is 8.46. The minimum Gasteiger partial charge on any atom is -0.368 e. The van der Waals surface area contributed by atoms with Crippen molar-refractivity contribution in [2.45, 2.75) is 25.2 Å². The second-order valence-corrected chi connectivity index (χ2v) is 8.21. The number of rotatable bonds is 3. The third kappa shape index (κ3) is 3.91. The number of carbonyl (C=O) groups is 2. The number of anilines is 1. The number of halogens is 1. The number of hydrogen-bond acceptors (Lipinski definition) is 3. The van der Waals surface area contributed by atoms with Gasteiger partial charge >= 0.3 is 0 Å². The van der Waals surface area contributed by atoms with E-state index in [1.807, 2.05) is 40.1 Å². The van der Waals surface area contributed by atoms with Crippen molar-refractivity contribution in [3.8, 4) is 0 Å². The molecule has 0 aromatic heterocycles. The molecule has 2 saturated heterocycles. The van der Waals surface area contributed by atoms with Gasteiger partial charge in [0, 0.05) is 51.9 Å². The van der Waals surface area contributed by atoms with Crippen LogP contribution in [0.2, 0.25) is 0 Å². The van der Waals surface area contributed by atoms with E-state index in [1.54, 1.807) is 19.1 Å². The molecule has 0 saturated carbocycles. The summed E-state index contributed by atoms with van der Waals surface area (Å²) >= 11 is 0. The van der Waals surface area contributed by atoms with Gasteiger partial charge in [-0.05, 0) is 42.7 Å². The van der Waals surface area contributed by atoms with Crippen LogP contribution < -0.4 is 4.90 Å². The first-order chi connectivity index (χ1) is 14.5. The lowest BCUT2D eigenvalue weighted by Crippen LogP contribution is -2.57. The van der Waals surface area contributed by atoms with E-state index in [4.69, 9.17) is 0 Å². The number of benzene rings is 2. The number of carbonyl (C=O) groups excluding carboxylic acids is 2. The smallest absolute Gasteiger partial charge is 0.233 e. The maximum atomic E-state index is 13.8. The molecule has 4 rings (SSSR count). The van der Waals surface area contributed by atoms with E-state index in [0.29, 0.717) is 39.0 Å². The van der Waals surface area contributed by atoms with Gasteiger partial charge in [0.15, 0.2) is 0 Å². The first-order valence-corrected chi connectivity index (χ1v) is 10.6. The largest absolute Gasteiger partial charge is 0.368 e. The van der Waals surface area contributed by atoms with Gasteiger partial charge in [0.25, 0.3) is 0 Å². The second-order valence-electron chi connectivity index (χ2n) is 8.21. The van der Waals surface area contributed by atoms with E-state index >= 15 is 0 Å². The van der Waals surface area contributed by atoms with Crippen LogP contribution in [0.1, 0.15) is 25.3 Å². The quantitative estimate of drug-likeness (QED) is 0.783. The van der Waals surface area contributed by atoms with Crippen molar-refractivity contribution in [2.24, 2.45) is 0 Å². The third-order valence-electron chi connectivity index (χ3n) is 6.56. The Balaban J connectivity index is 1.50. The van der Waals surface area contributed by atoms with Gasteiger partial charge in [0.2, 0.25) is 11.8 Å². The van der Waals surface area contributed by atoms with Crippen molar-refractivity contribution < 1.29 is 14.0 Å². The number of likely N-dealkylation sites (tertiary alicyclic amines) is 1. The van der Waals surface area contributed by atoms with Gasteiger partial charge in [-0.3, -0.25) is 9.59 Å². The van der Waals surface area contributed by atoms with E-state index in [9.17, 15) is 14.0 Å². The molecule has 2 fully saturated rings. The Morgan fingerprint density at radius 1 is 0.800 bits per heavy atom. The molecule has 0 spiro atoms. The van der Waals surface area contributed by atoms with Crippen LogP contribution in [0.4, 0.5) is 10.1 Å². The van der Waals surface area contributed by atoms with Gasteiger partial charge < -0.3 is 14.7 Å². The molecule has 2 heterocycles. The molecule has 2 aromatic carbocycles. The maximum Gasteiger partial charge on any atom is 0.233 e. The minimum atomic E-state index is -0.578. The predicted octanol–water partition coefficient (Wildman–Crippen LogP) is 3.05. The maximum absolute atomic E-state index is 13.8. The number of piperazine rings is 1. The molecular weight excluding hydrogens is 381 g/mol. The molecule has 6 heteroatoms. The summed E-state index contributed by atoms with van der Waals surface area (Å²) < 4.78 is 13.2. The summed E-state index contributed by atoms with van der Waals surface area (Å²) in [5.74, 6) is -0.0121. The zero-order chi connectivity index (χ0) is 21.1. The highest BCUT2D eigenvalue weighted by Gasteiger charge is 2.45. The summed E-state index contributed by atoms with van der Waals surface area (Å²) in [4.78, 5) is 31.6. The van der Waals surface area contributed by atoms with E-state index in [2.05, 4.69) is 4.90 Å². The molecule has 2 aromatic rings. The van der Waals surface area contributed by atoms with E-state index in [1.165, 1.54) is 12.1 Å². The van der Waals surface area contributed by atoms with Crippen LogP contribution >= 0.6 is 0 Å². The van der Waals surface area contributed by atoms with Crippen LogP contribution in [-0.2, 0) is 15.0 Å². The van der Waals surface area contributed by atoms with E-state index in [-0.39, 0.29) is 17.6 Å². The summed E-state index contributed by atoms with van der Waals surface area (Å²) in [7, 11) is 0. The number of piperidine rings is 1. The van der Waals surface area contributed by atoms with Gasteiger partial charge in [-0.2, -0.15) is 0 Å². The van der Waals surface area contributed by atoms with E-state index < -0.39 is 5.41 Å². The molecule has 2 aliphatic rings. The SMILES string of the molecule is CC(=O)N1CCC(C(=O)N2CCN(c3ccc(F)cc3)CC2)(c2ccccc2)CC1. The normalized spacial score (nSPS) is 18.9. The Bertz CT molecular complexity index is 884. The number of hydrogen-bond donors (Lipinski definition) is 0. The van der Waals surface area contributed by atoms with Crippen LogP contribution in [0.15, 0.2) is 54.6 Å². The average Bonchev–Trinajstić information content (AvgIpc) is 2.80. The van der Waals surface area contributed by atoms with E-state index in [0.717, 1.165) is 24.3 Å². The molecule has 2 amide bonds. The molecule has 5 nitrogen and oxygen atoms in total. The molecule has 30 heavy (non-hydrogen) atoms. The fraction of sp³-hybridized carbons (Fsp3) is 0.417. The molecule has 0 aliphatic carbocycles. The molecule has 0 radical (unpaired) electrons. The molecule has 0 bridgehead atoms. The summed E-state index contributed by atoms with van der Waals surface area (Å²) in [6.45, 7) is 5.52. The monoisotopic (exact) mass is 409 g/mol. The molecule has 0 atom stereocenters. The van der Waals surface area contributed by atoms with Crippen LogP contribution in [0.25, 0.3) is 0 Å². The first kappa shape index (κ1) is 20.4. The van der Waals surface area contributed by atoms with Crippen LogP contribution in [0.5, 0.6) is 0 Å². The molecule has 0 N–H and O–H groups in total. The van der Waals surface area contributed by atoms with Crippen molar-refractivity contribution >= 4 is 17.5 Å². The molecular formula is C24H28FN3O2. The minimum absolute atomic E-state index is 0.0667. The predicted molar refractivity (Wildman–Crippen MR) is 115 cm³/mol. The third-order valence-corrected chi connectivity index (χ3v) is 6.56. The Morgan fingerprint density at radius 2 is 1.40 bits per heavy atom. The number of nitrogens with zero attached hydrogens (tertiary/aromatic N) is 3. The van der Waals surface area contributed by atoms with Crippen LogP contribution in [0.3, 0.4) is 0 Å². The van der Waals surface area contributed by atoms with Crippen molar-refractivity contribution in [2.75, 3.05) is 44.2 Å². The van der Waals surface area contributed by atoms with Crippen molar-refractivity contribution in [3.05, 3.63) is 66.0 Å². The summed E-state index contributed by atoms with van der Waals surface area (Å²) in [5, 5.41) is 0. The standard InChI is InChI=1S/C24H28FN3O2/c1-19(29)26-13-11-24(12-14-26,20-5-3-2-4-6-20)23(30)28-17-15-27(16-18-28)22-9-7-21(25)8-10-22/h2-10H,11-18H2,1H3. The highest BCUT2D eigenvalue weighted by Crippen LogP contribution is 2.38. The lowest BCUT2D eigenvalue weighted by Gasteiger charge is -2.45. The Morgan fingerprint density at radius 3 is 1.97 bits per heavy atom. The fourth-order valence-electron chi connectivity index (χ4n) is 4.71. The lowest BCUT2D eigenvalue weighted by molar-refractivity contribution is -0.142. The van der Waals surface area contributed by atoms with Crippen LogP contribution in [-0.4, -0.2) is 60.9 Å². The summed E-state index contributed by atoms with van der Waals surface area (Å²) in [6.07, 6.45) is 1.29.